The van der Waals surface area contributed by atoms with Crippen molar-refractivity contribution in [2.75, 3.05) is 13.7 Å². The molecule has 1 rings (SSSR count). The summed E-state index contributed by atoms with van der Waals surface area (Å²) in [5, 5.41) is 0. The van der Waals surface area contributed by atoms with Crippen molar-refractivity contribution in [3.63, 3.8) is 0 Å². The molecule has 0 fully saturated rings. The summed E-state index contributed by atoms with van der Waals surface area (Å²) in [6.07, 6.45) is -3.88. The van der Waals surface area contributed by atoms with Crippen LogP contribution in [0.1, 0.15) is 18.9 Å². The zero-order valence-corrected chi connectivity index (χ0v) is 11.8. The van der Waals surface area contributed by atoms with E-state index in [0.29, 0.717) is 27.1 Å². The minimum atomic E-state index is -4.32. The Morgan fingerprint density at radius 2 is 2.00 bits per heavy atom. The Kier molecular flexibility index (Phi) is 5.47. The Labute approximate surface area is 113 Å². The summed E-state index contributed by atoms with van der Waals surface area (Å²) >= 11 is 3.26. The molecule has 18 heavy (non-hydrogen) atoms. The second-order valence-corrected chi connectivity index (χ2v) is 4.70. The molecule has 0 atom stereocenters. The third-order valence-corrected chi connectivity index (χ3v) is 3.24. The molecule has 0 amide bonds. The van der Waals surface area contributed by atoms with Crippen molar-refractivity contribution in [1.82, 2.24) is 4.90 Å². The van der Waals surface area contributed by atoms with Crippen molar-refractivity contribution in [2.45, 2.75) is 26.2 Å². The van der Waals surface area contributed by atoms with E-state index in [4.69, 9.17) is 4.74 Å². The molecular weight excluding hydrogens is 311 g/mol. The van der Waals surface area contributed by atoms with Gasteiger partial charge in [0.1, 0.15) is 5.75 Å². The van der Waals surface area contributed by atoms with E-state index in [9.17, 15) is 13.2 Å². The maximum atomic E-state index is 12.8. The van der Waals surface area contributed by atoms with E-state index in [0.717, 1.165) is 0 Å². The highest BCUT2D eigenvalue weighted by Gasteiger charge is 2.36. The van der Waals surface area contributed by atoms with Crippen molar-refractivity contribution in [3.8, 4) is 5.75 Å². The van der Waals surface area contributed by atoms with Crippen LogP contribution in [0.5, 0.6) is 5.75 Å². The first kappa shape index (κ1) is 15.3. The molecule has 0 aliphatic carbocycles. The van der Waals surface area contributed by atoms with E-state index in [1.165, 1.54) is 7.11 Å². The lowest BCUT2D eigenvalue weighted by Gasteiger charge is -2.24. The molecule has 0 spiro atoms. The number of hydrogen-bond donors (Lipinski definition) is 0. The number of rotatable bonds is 5. The predicted octanol–water partition coefficient (Wildman–Crippen LogP) is 4.19. The van der Waals surface area contributed by atoms with Gasteiger partial charge in [-0.25, -0.2) is 4.90 Å². The first-order valence-electron chi connectivity index (χ1n) is 5.52. The van der Waals surface area contributed by atoms with E-state index in [1.54, 1.807) is 25.1 Å². The summed E-state index contributed by atoms with van der Waals surface area (Å²) in [5.41, 5.74) is 0.556. The van der Waals surface area contributed by atoms with E-state index < -0.39 is 6.30 Å². The van der Waals surface area contributed by atoms with Crippen LogP contribution in [-0.2, 0) is 6.54 Å². The number of alkyl halides is 3. The number of ether oxygens (including phenoxy) is 1. The third kappa shape index (κ3) is 4.17. The minimum absolute atomic E-state index is 0.0207. The Morgan fingerprint density at radius 3 is 2.50 bits per heavy atom. The number of methoxy groups -OCH3 is 1. The number of nitrogens with zero attached hydrogens (tertiary/aromatic N) is 1. The lowest BCUT2D eigenvalue weighted by molar-refractivity contribution is -0.249. The Hall–Kier alpha value is -0.750. The van der Waals surface area contributed by atoms with Gasteiger partial charge in [0, 0.05) is 17.6 Å². The van der Waals surface area contributed by atoms with Crippen LogP contribution < -0.4 is 4.74 Å². The van der Waals surface area contributed by atoms with Crippen LogP contribution in [0.4, 0.5) is 13.2 Å². The fourth-order valence-corrected chi connectivity index (χ4v) is 1.94. The molecule has 0 bridgehead atoms. The van der Waals surface area contributed by atoms with Gasteiger partial charge in [0.15, 0.2) is 0 Å². The van der Waals surface area contributed by atoms with Crippen molar-refractivity contribution in [3.05, 3.63) is 28.2 Å². The van der Waals surface area contributed by atoms with E-state index in [1.807, 2.05) is 0 Å². The Morgan fingerprint density at radius 1 is 1.33 bits per heavy atom. The smallest absolute Gasteiger partial charge is 0.460 e. The maximum Gasteiger partial charge on any atom is 0.460 e. The van der Waals surface area contributed by atoms with Gasteiger partial charge in [0.05, 0.1) is 7.11 Å². The molecule has 0 radical (unpaired) electrons. The molecule has 1 aromatic rings. The van der Waals surface area contributed by atoms with Crippen molar-refractivity contribution >= 4 is 15.9 Å². The molecule has 0 N–H and O–H groups in total. The second kappa shape index (κ2) is 6.43. The standard InChI is InChI=1S/C12H15BrF3NO/c1-3-6-17(12(14,15)16)8-9-7-10(18-2)4-5-11(9)13/h4-5,7H,3,6,8H2,1-2H3. The van der Waals surface area contributed by atoms with Crippen LogP contribution >= 0.6 is 15.9 Å². The molecule has 0 aliphatic rings. The quantitative estimate of drug-likeness (QED) is 0.753. The van der Waals surface area contributed by atoms with Crippen molar-refractivity contribution in [1.29, 1.82) is 0 Å². The number of halogens is 4. The van der Waals surface area contributed by atoms with Crippen LogP contribution in [0.3, 0.4) is 0 Å². The molecule has 102 valence electrons. The summed E-state index contributed by atoms with van der Waals surface area (Å²) < 4.78 is 44.0. The second-order valence-electron chi connectivity index (χ2n) is 3.85. The van der Waals surface area contributed by atoms with Crippen LogP contribution in [0.2, 0.25) is 0 Å². The average molecular weight is 326 g/mol. The molecule has 0 aromatic heterocycles. The lowest BCUT2D eigenvalue weighted by Crippen LogP contribution is -2.38. The molecular formula is C12H15BrF3NO. The zero-order valence-electron chi connectivity index (χ0n) is 10.2. The fraction of sp³-hybridized carbons (Fsp3) is 0.500. The fourth-order valence-electron chi connectivity index (χ4n) is 1.57. The van der Waals surface area contributed by atoms with Crippen LogP contribution in [0.15, 0.2) is 22.7 Å². The van der Waals surface area contributed by atoms with Crippen molar-refractivity contribution in [2.24, 2.45) is 0 Å². The third-order valence-electron chi connectivity index (χ3n) is 2.47. The van der Waals surface area contributed by atoms with Gasteiger partial charge in [-0.05, 0) is 30.2 Å². The lowest BCUT2D eigenvalue weighted by atomic mass is 10.2. The van der Waals surface area contributed by atoms with Gasteiger partial charge in [-0.1, -0.05) is 22.9 Å². The number of hydrogen-bond acceptors (Lipinski definition) is 2. The van der Waals surface area contributed by atoms with Gasteiger partial charge in [0.25, 0.3) is 0 Å². The van der Waals surface area contributed by atoms with Gasteiger partial charge >= 0.3 is 6.30 Å². The first-order chi connectivity index (χ1) is 8.38. The average Bonchev–Trinajstić information content (AvgIpc) is 2.30. The van der Waals surface area contributed by atoms with Gasteiger partial charge in [0.2, 0.25) is 0 Å². The van der Waals surface area contributed by atoms with Crippen molar-refractivity contribution < 1.29 is 17.9 Å². The van der Waals surface area contributed by atoms with Gasteiger partial charge < -0.3 is 4.74 Å². The zero-order chi connectivity index (χ0) is 13.8. The summed E-state index contributed by atoms with van der Waals surface area (Å²) in [4.78, 5) is 0.493. The molecule has 0 heterocycles. The topological polar surface area (TPSA) is 12.5 Å². The maximum absolute atomic E-state index is 12.8. The van der Waals surface area contributed by atoms with Gasteiger partial charge in [-0.2, -0.15) is 13.2 Å². The predicted molar refractivity (Wildman–Crippen MR) is 67.5 cm³/mol. The van der Waals surface area contributed by atoms with Crippen LogP contribution in [0, 0.1) is 0 Å². The molecule has 0 saturated heterocycles. The normalized spacial score (nSPS) is 11.9. The largest absolute Gasteiger partial charge is 0.497 e. The molecule has 0 aliphatic heterocycles. The monoisotopic (exact) mass is 325 g/mol. The molecule has 0 unspecified atom stereocenters. The number of benzene rings is 1. The van der Waals surface area contributed by atoms with E-state index in [-0.39, 0.29) is 13.1 Å². The van der Waals surface area contributed by atoms with Gasteiger partial charge in [-0.3, -0.25) is 0 Å². The summed E-state index contributed by atoms with van der Waals surface area (Å²) in [6, 6.07) is 5.00. The summed E-state index contributed by atoms with van der Waals surface area (Å²) in [7, 11) is 1.49. The Bertz CT molecular complexity index is 395. The molecule has 0 saturated carbocycles. The van der Waals surface area contributed by atoms with E-state index >= 15 is 0 Å². The minimum Gasteiger partial charge on any atom is -0.497 e. The first-order valence-corrected chi connectivity index (χ1v) is 6.32. The Balaban J connectivity index is 2.92. The van der Waals surface area contributed by atoms with E-state index in [2.05, 4.69) is 15.9 Å². The highest BCUT2D eigenvalue weighted by atomic mass is 79.9. The van der Waals surface area contributed by atoms with Crippen LogP contribution in [0.25, 0.3) is 0 Å². The summed E-state index contributed by atoms with van der Waals surface area (Å²) in [6.45, 7) is 1.52. The molecule has 1 aromatic carbocycles. The highest BCUT2D eigenvalue weighted by Crippen LogP contribution is 2.28. The SMILES string of the molecule is CCCN(Cc1cc(OC)ccc1Br)C(F)(F)F. The highest BCUT2D eigenvalue weighted by molar-refractivity contribution is 9.10. The summed E-state index contributed by atoms with van der Waals surface area (Å²) in [5.74, 6) is 0.548. The van der Waals surface area contributed by atoms with Crippen LogP contribution in [-0.4, -0.2) is 24.9 Å². The molecule has 6 heteroatoms. The van der Waals surface area contributed by atoms with Gasteiger partial charge in [-0.15, -0.1) is 0 Å². The molecule has 2 nitrogen and oxygen atoms in total.